The zero-order valence-corrected chi connectivity index (χ0v) is 12.2. The minimum atomic E-state index is 0.580. The molecule has 0 atom stereocenters. The topological polar surface area (TPSA) is 55.9 Å². The van der Waals surface area contributed by atoms with Gasteiger partial charge in [0, 0.05) is 29.2 Å². The van der Waals surface area contributed by atoms with E-state index in [2.05, 4.69) is 32.3 Å². The Morgan fingerprint density at radius 1 is 1.38 bits per heavy atom. The van der Waals surface area contributed by atoms with Gasteiger partial charge in [-0.3, -0.25) is 0 Å². The number of aromatic nitrogens is 3. The first-order chi connectivity index (χ1) is 10.3. The van der Waals surface area contributed by atoms with Gasteiger partial charge in [-0.15, -0.1) is 0 Å². The molecule has 21 heavy (non-hydrogen) atoms. The summed E-state index contributed by atoms with van der Waals surface area (Å²) in [5, 5.41) is 9.39. The van der Waals surface area contributed by atoms with Crippen LogP contribution < -0.4 is 5.32 Å². The van der Waals surface area contributed by atoms with E-state index in [4.69, 9.17) is 16.1 Å². The van der Waals surface area contributed by atoms with Crippen LogP contribution in [0.1, 0.15) is 24.2 Å². The molecule has 0 aliphatic heterocycles. The third-order valence-corrected chi connectivity index (χ3v) is 4.04. The molecule has 4 rings (SSSR count). The molecule has 0 radical (unpaired) electrons. The van der Waals surface area contributed by atoms with Crippen LogP contribution in [-0.4, -0.2) is 20.7 Å². The van der Waals surface area contributed by atoms with E-state index in [9.17, 15) is 0 Å². The summed E-state index contributed by atoms with van der Waals surface area (Å²) in [5.74, 6) is 0.661. The van der Waals surface area contributed by atoms with Gasteiger partial charge in [0.15, 0.2) is 5.82 Å². The van der Waals surface area contributed by atoms with E-state index >= 15 is 0 Å². The molecule has 0 spiro atoms. The SMILES string of the molecule is Clc1ccc2c(CNC3CC3)cn(Cc3ncon3)c2c1. The lowest BCUT2D eigenvalue weighted by Gasteiger charge is -2.01. The van der Waals surface area contributed by atoms with E-state index in [0.29, 0.717) is 18.4 Å². The molecule has 0 unspecified atom stereocenters. The number of nitrogens with one attached hydrogen (secondary N) is 1. The molecule has 1 aromatic carbocycles. The van der Waals surface area contributed by atoms with Crippen molar-refractivity contribution in [2.75, 3.05) is 0 Å². The van der Waals surface area contributed by atoms with Crippen molar-refractivity contribution >= 4 is 22.5 Å². The molecule has 0 amide bonds. The lowest BCUT2D eigenvalue weighted by Crippen LogP contribution is -2.14. The fourth-order valence-corrected chi connectivity index (χ4v) is 2.74. The lowest BCUT2D eigenvalue weighted by atomic mass is 10.2. The first-order valence-corrected chi connectivity index (χ1v) is 7.43. The predicted octanol–water partition coefficient (Wildman–Crippen LogP) is 2.98. The summed E-state index contributed by atoms with van der Waals surface area (Å²) < 4.78 is 6.92. The van der Waals surface area contributed by atoms with E-state index in [1.54, 1.807) is 0 Å². The van der Waals surface area contributed by atoms with Crippen LogP contribution in [-0.2, 0) is 13.1 Å². The first-order valence-electron chi connectivity index (χ1n) is 7.05. The molecule has 2 heterocycles. The molecule has 1 fully saturated rings. The largest absolute Gasteiger partial charge is 0.343 e. The smallest absolute Gasteiger partial charge is 0.213 e. The predicted molar refractivity (Wildman–Crippen MR) is 80.2 cm³/mol. The van der Waals surface area contributed by atoms with Crippen LogP contribution in [0.4, 0.5) is 0 Å². The van der Waals surface area contributed by atoms with Gasteiger partial charge in [0.1, 0.15) is 0 Å². The number of nitrogens with zero attached hydrogens (tertiary/aromatic N) is 3. The lowest BCUT2D eigenvalue weighted by molar-refractivity contribution is 0.408. The van der Waals surface area contributed by atoms with E-state index in [1.807, 2.05) is 12.1 Å². The molecule has 0 bridgehead atoms. The first kappa shape index (κ1) is 12.9. The number of benzene rings is 1. The minimum absolute atomic E-state index is 0.580. The van der Waals surface area contributed by atoms with Gasteiger partial charge in [-0.1, -0.05) is 22.8 Å². The third-order valence-electron chi connectivity index (χ3n) is 3.80. The minimum Gasteiger partial charge on any atom is -0.343 e. The van der Waals surface area contributed by atoms with Crippen LogP contribution in [0.5, 0.6) is 0 Å². The summed E-state index contributed by atoms with van der Waals surface area (Å²) in [6, 6.07) is 6.68. The molecule has 1 aliphatic carbocycles. The summed E-state index contributed by atoms with van der Waals surface area (Å²) in [6.45, 7) is 1.46. The number of hydrogen-bond acceptors (Lipinski definition) is 4. The highest BCUT2D eigenvalue weighted by Crippen LogP contribution is 2.26. The highest BCUT2D eigenvalue weighted by Gasteiger charge is 2.21. The van der Waals surface area contributed by atoms with Crippen LogP contribution in [0, 0.1) is 0 Å². The van der Waals surface area contributed by atoms with Gasteiger partial charge in [-0.25, -0.2) is 0 Å². The molecule has 3 aromatic rings. The highest BCUT2D eigenvalue weighted by molar-refractivity contribution is 6.31. The molecular formula is C15H15ClN4O. The van der Waals surface area contributed by atoms with E-state index in [0.717, 1.165) is 17.1 Å². The van der Waals surface area contributed by atoms with Crippen LogP contribution in [0.2, 0.25) is 5.02 Å². The Kier molecular flexibility index (Phi) is 3.16. The normalized spacial score (nSPS) is 14.9. The molecule has 108 valence electrons. The Bertz CT molecular complexity index is 761. The molecule has 6 heteroatoms. The van der Waals surface area contributed by atoms with Gasteiger partial charge in [0.05, 0.1) is 12.1 Å². The Balaban J connectivity index is 1.71. The Hall–Kier alpha value is -1.85. The maximum atomic E-state index is 6.14. The van der Waals surface area contributed by atoms with Crippen molar-refractivity contribution in [2.45, 2.75) is 32.0 Å². The van der Waals surface area contributed by atoms with Gasteiger partial charge in [-0.05, 0) is 30.5 Å². The summed E-state index contributed by atoms with van der Waals surface area (Å²) in [4.78, 5) is 4.09. The fraction of sp³-hybridized carbons (Fsp3) is 0.333. The molecule has 5 nitrogen and oxygen atoms in total. The van der Waals surface area contributed by atoms with Crippen LogP contribution in [0.15, 0.2) is 35.3 Å². The van der Waals surface area contributed by atoms with Gasteiger partial charge >= 0.3 is 0 Å². The molecule has 2 aromatic heterocycles. The van der Waals surface area contributed by atoms with Gasteiger partial charge < -0.3 is 14.4 Å². The zero-order chi connectivity index (χ0) is 14.2. The van der Waals surface area contributed by atoms with E-state index < -0.39 is 0 Å². The van der Waals surface area contributed by atoms with Crippen molar-refractivity contribution in [1.29, 1.82) is 0 Å². The van der Waals surface area contributed by atoms with E-state index in [-0.39, 0.29) is 0 Å². The van der Waals surface area contributed by atoms with Crippen molar-refractivity contribution in [3.63, 3.8) is 0 Å². The summed E-state index contributed by atoms with van der Waals surface area (Å²) >= 11 is 6.14. The average Bonchev–Trinajstić information content (AvgIpc) is 3.06. The van der Waals surface area contributed by atoms with Gasteiger partial charge in [0.2, 0.25) is 6.39 Å². The number of rotatable bonds is 5. The third kappa shape index (κ3) is 2.66. The van der Waals surface area contributed by atoms with Crippen LogP contribution in [0.25, 0.3) is 10.9 Å². The second-order valence-electron chi connectivity index (χ2n) is 5.45. The highest BCUT2D eigenvalue weighted by atomic mass is 35.5. The number of fused-ring (bicyclic) bond motifs is 1. The van der Waals surface area contributed by atoms with Crippen molar-refractivity contribution < 1.29 is 4.52 Å². The number of halogens is 1. The van der Waals surface area contributed by atoms with Crippen molar-refractivity contribution in [2.24, 2.45) is 0 Å². The second-order valence-corrected chi connectivity index (χ2v) is 5.88. The Morgan fingerprint density at radius 3 is 3.05 bits per heavy atom. The Morgan fingerprint density at radius 2 is 2.29 bits per heavy atom. The van der Waals surface area contributed by atoms with Gasteiger partial charge in [-0.2, -0.15) is 4.98 Å². The van der Waals surface area contributed by atoms with Crippen molar-refractivity contribution in [3.8, 4) is 0 Å². The molecule has 1 aliphatic rings. The summed E-state index contributed by atoms with van der Waals surface area (Å²) in [6.07, 6.45) is 6.07. The monoisotopic (exact) mass is 302 g/mol. The molecule has 1 saturated carbocycles. The van der Waals surface area contributed by atoms with E-state index in [1.165, 1.54) is 30.2 Å². The van der Waals surface area contributed by atoms with Crippen molar-refractivity contribution in [1.82, 2.24) is 20.0 Å². The molecule has 0 saturated heterocycles. The number of hydrogen-bond donors (Lipinski definition) is 1. The van der Waals surface area contributed by atoms with Gasteiger partial charge in [0.25, 0.3) is 0 Å². The summed E-state index contributed by atoms with van der Waals surface area (Å²) in [7, 11) is 0. The Labute approximate surface area is 126 Å². The standard InChI is InChI=1S/C15H15ClN4O/c16-11-1-4-13-10(6-17-12-2-3-12)7-20(14(13)5-11)8-15-18-9-21-19-15/h1,4-5,7,9,12,17H,2-3,6,8H2. The quantitative estimate of drug-likeness (QED) is 0.787. The fourth-order valence-electron chi connectivity index (χ4n) is 2.57. The maximum Gasteiger partial charge on any atom is 0.213 e. The molecular weight excluding hydrogens is 288 g/mol. The zero-order valence-electron chi connectivity index (χ0n) is 11.4. The van der Waals surface area contributed by atoms with Crippen molar-refractivity contribution in [3.05, 3.63) is 47.2 Å². The van der Waals surface area contributed by atoms with Crippen LogP contribution >= 0.6 is 11.6 Å². The maximum absolute atomic E-state index is 6.14. The average molecular weight is 303 g/mol. The second kappa shape index (κ2) is 5.16. The summed E-state index contributed by atoms with van der Waals surface area (Å²) in [5.41, 5.74) is 2.37. The molecule has 1 N–H and O–H groups in total. The van der Waals surface area contributed by atoms with Crippen LogP contribution in [0.3, 0.4) is 0 Å².